The van der Waals surface area contributed by atoms with Crippen LogP contribution in [0.5, 0.6) is 0 Å². The van der Waals surface area contributed by atoms with E-state index in [-0.39, 0.29) is 40.9 Å². The van der Waals surface area contributed by atoms with E-state index in [4.69, 9.17) is 23.2 Å². The second-order valence-corrected chi connectivity index (χ2v) is 6.12. The van der Waals surface area contributed by atoms with Crippen LogP contribution < -0.4 is 4.67 Å². The fourth-order valence-electron chi connectivity index (χ4n) is 1.87. The maximum atomic E-state index is 12.1. The van der Waals surface area contributed by atoms with Crippen LogP contribution in [-0.4, -0.2) is 32.5 Å². The van der Waals surface area contributed by atoms with Crippen LogP contribution >= 0.6 is 34.7 Å². The van der Waals surface area contributed by atoms with Crippen molar-refractivity contribution in [2.24, 2.45) is 4.99 Å². The molecular weight excluding hydrogens is 365 g/mol. The lowest BCUT2D eigenvalue weighted by molar-refractivity contribution is -0.384. The van der Waals surface area contributed by atoms with Gasteiger partial charge in [-0.15, -0.1) is 23.2 Å². The number of benzene rings is 1. The molecule has 0 saturated heterocycles. The number of carbonyl (C=O) groups is 2. The van der Waals surface area contributed by atoms with Crippen molar-refractivity contribution in [2.45, 2.75) is 12.8 Å². The predicted octanol–water partition coefficient (Wildman–Crippen LogP) is 2.94. The number of nitro groups is 1. The molecule has 1 aromatic heterocycles. The van der Waals surface area contributed by atoms with Gasteiger partial charge in [-0.25, -0.2) is 8.95 Å². The summed E-state index contributed by atoms with van der Waals surface area (Å²) >= 11 is 12.0. The number of alkyl halides is 2. The Labute approximate surface area is 144 Å². The molecule has 0 saturated carbocycles. The first-order chi connectivity index (χ1) is 11.0. The summed E-state index contributed by atoms with van der Waals surface area (Å²) in [4.78, 5) is 38.1. The molecule has 1 amide bonds. The molecule has 0 radical (unpaired) electrons. The van der Waals surface area contributed by atoms with Crippen molar-refractivity contribution in [1.29, 1.82) is 0 Å². The summed E-state index contributed by atoms with van der Waals surface area (Å²) in [5.74, 6) is -0.450. The highest BCUT2D eigenvalue weighted by atomic mass is 35.5. The number of hydrogen-bond donors (Lipinski definition) is 0. The van der Waals surface area contributed by atoms with Crippen LogP contribution in [0.3, 0.4) is 0 Å². The SMILES string of the molecule is O=C(CCCl)N=c1sn(C(=O)CCCl)c2ccc([N+](=O)[O-])cc12. The minimum absolute atomic E-state index is 0.0471. The molecule has 10 heteroatoms. The number of halogens is 2. The Hall–Kier alpha value is -1.77. The Kier molecular flexibility index (Phi) is 5.86. The standard InChI is InChI=1S/C13H11Cl2N3O4S/c14-5-3-11(19)16-13-9-7-8(18(21)22)1-2-10(9)17(23-13)12(20)4-6-15/h1-2,7H,3-6H2. The zero-order valence-corrected chi connectivity index (χ0v) is 14.0. The summed E-state index contributed by atoms with van der Waals surface area (Å²) in [6.45, 7) is 0. The van der Waals surface area contributed by atoms with Gasteiger partial charge in [0.2, 0.25) is 11.8 Å². The highest BCUT2D eigenvalue weighted by Gasteiger charge is 2.16. The molecule has 1 heterocycles. The number of hydrogen-bond acceptors (Lipinski definition) is 5. The van der Waals surface area contributed by atoms with Crippen LogP contribution in [0.1, 0.15) is 17.6 Å². The van der Waals surface area contributed by atoms with Crippen molar-refractivity contribution >= 4 is 63.1 Å². The van der Waals surface area contributed by atoms with E-state index < -0.39 is 10.8 Å². The maximum Gasteiger partial charge on any atom is 0.270 e. The number of carbonyl (C=O) groups excluding carboxylic acids is 2. The molecule has 122 valence electrons. The van der Waals surface area contributed by atoms with E-state index in [2.05, 4.69) is 4.99 Å². The van der Waals surface area contributed by atoms with Crippen LogP contribution in [0.15, 0.2) is 23.2 Å². The third-order valence-electron chi connectivity index (χ3n) is 2.89. The van der Waals surface area contributed by atoms with E-state index in [0.717, 1.165) is 11.5 Å². The van der Waals surface area contributed by atoms with Gasteiger partial charge in [0, 0.05) is 42.1 Å². The van der Waals surface area contributed by atoms with Gasteiger partial charge in [0.25, 0.3) is 5.69 Å². The lowest BCUT2D eigenvalue weighted by Gasteiger charge is -1.99. The fraction of sp³-hybridized carbons (Fsp3) is 0.308. The zero-order chi connectivity index (χ0) is 17.0. The van der Waals surface area contributed by atoms with Gasteiger partial charge in [0.15, 0.2) is 0 Å². The van der Waals surface area contributed by atoms with Crippen LogP contribution in [0.2, 0.25) is 0 Å². The monoisotopic (exact) mass is 375 g/mol. The normalized spacial score (nSPS) is 11.8. The van der Waals surface area contributed by atoms with Gasteiger partial charge >= 0.3 is 0 Å². The number of nitro benzene ring substituents is 1. The average molecular weight is 376 g/mol. The third kappa shape index (κ3) is 3.95. The molecule has 0 atom stereocenters. The fourth-order valence-corrected chi connectivity index (χ4v) is 3.22. The summed E-state index contributed by atoms with van der Waals surface area (Å²) in [5, 5.41) is 11.3. The molecular formula is C13H11Cl2N3O4S. The zero-order valence-electron chi connectivity index (χ0n) is 11.7. The second-order valence-electron chi connectivity index (χ2n) is 4.43. The van der Waals surface area contributed by atoms with Crippen molar-refractivity contribution in [3.05, 3.63) is 33.0 Å². The summed E-state index contributed by atoms with van der Waals surface area (Å²) in [7, 11) is 0. The molecule has 0 N–H and O–H groups in total. The summed E-state index contributed by atoms with van der Waals surface area (Å²) in [6, 6.07) is 4.05. The smallest absolute Gasteiger partial charge is 0.270 e. The highest BCUT2D eigenvalue weighted by Crippen LogP contribution is 2.21. The largest absolute Gasteiger partial charge is 0.273 e. The van der Waals surface area contributed by atoms with Crippen LogP contribution in [-0.2, 0) is 4.79 Å². The van der Waals surface area contributed by atoms with Gasteiger partial charge in [-0.2, -0.15) is 0 Å². The van der Waals surface area contributed by atoms with Crippen LogP contribution in [0.4, 0.5) is 5.69 Å². The third-order valence-corrected chi connectivity index (χ3v) is 4.33. The van der Waals surface area contributed by atoms with E-state index in [9.17, 15) is 19.7 Å². The molecule has 2 rings (SSSR count). The quantitative estimate of drug-likeness (QED) is 0.455. The molecule has 23 heavy (non-hydrogen) atoms. The molecule has 0 unspecified atom stereocenters. The Bertz CT molecular complexity index is 843. The molecule has 2 aromatic rings. The molecule has 7 nitrogen and oxygen atoms in total. The number of rotatable bonds is 5. The molecule has 0 bridgehead atoms. The van der Waals surface area contributed by atoms with Crippen molar-refractivity contribution in [3.8, 4) is 0 Å². The van der Waals surface area contributed by atoms with E-state index in [0.29, 0.717) is 10.9 Å². The topological polar surface area (TPSA) is 94.6 Å². The summed E-state index contributed by atoms with van der Waals surface area (Å²) < 4.78 is 1.58. The van der Waals surface area contributed by atoms with Crippen LogP contribution in [0.25, 0.3) is 10.9 Å². The van der Waals surface area contributed by atoms with Crippen molar-refractivity contribution < 1.29 is 14.5 Å². The van der Waals surface area contributed by atoms with E-state index in [1.165, 1.54) is 22.2 Å². The van der Waals surface area contributed by atoms with E-state index >= 15 is 0 Å². The van der Waals surface area contributed by atoms with Gasteiger partial charge in [-0.05, 0) is 17.6 Å². The molecule has 1 aromatic carbocycles. The van der Waals surface area contributed by atoms with Crippen LogP contribution in [0, 0.1) is 10.1 Å². The van der Waals surface area contributed by atoms with E-state index in [1.807, 2.05) is 0 Å². The average Bonchev–Trinajstić information content (AvgIpc) is 2.86. The number of amides is 1. The Morgan fingerprint density at radius 3 is 2.57 bits per heavy atom. The minimum Gasteiger partial charge on any atom is -0.273 e. The van der Waals surface area contributed by atoms with Gasteiger partial charge in [0.05, 0.1) is 10.4 Å². The summed E-state index contributed by atoms with van der Waals surface area (Å²) in [5.41, 5.74) is 0.307. The first kappa shape index (κ1) is 17.6. The minimum atomic E-state index is -0.549. The van der Waals surface area contributed by atoms with E-state index in [1.54, 1.807) is 0 Å². The molecule has 0 aliphatic heterocycles. The summed E-state index contributed by atoms with van der Waals surface area (Å²) in [6.07, 6.45) is 0.152. The Morgan fingerprint density at radius 2 is 1.96 bits per heavy atom. The first-order valence-corrected chi connectivity index (χ1v) is 8.35. The second kappa shape index (κ2) is 7.67. The maximum absolute atomic E-state index is 12.1. The van der Waals surface area contributed by atoms with Crippen molar-refractivity contribution in [1.82, 2.24) is 3.96 Å². The molecule has 0 aliphatic rings. The van der Waals surface area contributed by atoms with Crippen molar-refractivity contribution in [2.75, 3.05) is 11.8 Å². The number of fused-ring (bicyclic) bond motifs is 1. The number of aromatic nitrogens is 1. The lowest BCUT2D eigenvalue weighted by atomic mass is 10.2. The Balaban J connectivity index is 2.68. The molecule has 0 fully saturated rings. The predicted molar refractivity (Wildman–Crippen MR) is 88.3 cm³/mol. The van der Waals surface area contributed by atoms with Crippen molar-refractivity contribution in [3.63, 3.8) is 0 Å². The first-order valence-electron chi connectivity index (χ1n) is 6.51. The lowest BCUT2D eigenvalue weighted by Crippen LogP contribution is -2.08. The Morgan fingerprint density at radius 1 is 1.26 bits per heavy atom. The van der Waals surface area contributed by atoms with Gasteiger partial charge < -0.3 is 0 Å². The highest BCUT2D eigenvalue weighted by molar-refractivity contribution is 7.06. The molecule has 0 aliphatic carbocycles. The number of non-ortho nitro benzene ring substituents is 1. The van der Waals surface area contributed by atoms with Gasteiger partial charge in [-0.3, -0.25) is 19.7 Å². The molecule has 0 spiro atoms. The van der Waals surface area contributed by atoms with Gasteiger partial charge in [-0.1, -0.05) is 0 Å². The van der Waals surface area contributed by atoms with Gasteiger partial charge in [0.1, 0.15) is 4.67 Å². The number of nitrogens with zero attached hydrogens (tertiary/aromatic N) is 3.